The van der Waals surface area contributed by atoms with Crippen LogP contribution < -0.4 is 5.44 Å². The summed E-state index contributed by atoms with van der Waals surface area (Å²) in [5, 5.41) is 0.692. The van der Waals surface area contributed by atoms with E-state index in [1.54, 1.807) is 18.3 Å². The Morgan fingerprint density at radius 3 is 1.55 bits per heavy atom. The number of aromatic nitrogens is 1. The number of nitrogens with zero attached hydrogens (tertiary/aromatic N) is 1. The number of hydrogen-bond acceptors (Lipinski definition) is 1. The zero-order valence-electron chi connectivity index (χ0n) is 10.9. The second kappa shape index (κ2) is 7.79. The van der Waals surface area contributed by atoms with Gasteiger partial charge in [-0.15, -0.1) is 0 Å². The molecular weight excluding hydrogens is 285 g/mol. The maximum absolute atomic E-state index is 5.63. The van der Waals surface area contributed by atoms with Crippen molar-refractivity contribution in [1.82, 2.24) is 4.98 Å². The van der Waals surface area contributed by atoms with Crippen LogP contribution in [0.4, 0.5) is 0 Å². The molecule has 1 atom stereocenters. The van der Waals surface area contributed by atoms with E-state index in [4.69, 9.17) is 11.6 Å². The molecule has 2 aromatic carbocycles. The highest BCUT2D eigenvalue weighted by Crippen LogP contribution is 2.17. The van der Waals surface area contributed by atoms with Gasteiger partial charge in [0, 0.05) is 6.20 Å². The van der Waals surface area contributed by atoms with Crippen molar-refractivity contribution in [2.24, 2.45) is 0 Å². The van der Waals surface area contributed by atoms with Crippen LogP contribution in [0.1, 0.15) is 0 Å². The fourth-order valence-corrected chi connectivity index (χ4v) is 1.96. The zero-order valence-corrected chi connectivity index (χ0v) is 12.8. The van der Waals surface area contributed by atoms with Crippen molar-refractivity contribution in [1.29, 1.82) is 0 Å². The highest BCUT2D eigenvalue weighted by atomic mass is 35.5. The molecule has 0 saturated carbocycles. The molecule has 0 radical (unpaired) electrons. The van der Waals surface area contributed by atoms with Crippen LogP contribution in [-0.4, -0.2) is 4.98 Å². The Morgan fingerprint density at radius 1 is 0.700 bits per heavy atom. The van der Waals surface area contributed by atoms with E-state index in [0.717, 1.165) is 5.44 Å². The van der Waals surface area contributed by atoms with Gasteiger partial charge in [-0.1, -0.05) is 81.5 Å². The molecule has 20 heavy (non-hydrogen) atoms. The minimum atomic E-state index is 0.692. The lowest BCUT2D eigenvalue weighted by Gasteiger charge is -1.98. The van der Waals surface area contributed by atoms with Crippen LogP contribution in [0.5, 0.6) is 0 Å². The number of hydrogen-bond donors (Lipinski definition) is 0. The lowest BCUT2D eigenvalue weighted by Crippen LogP contribution is -1.95. The summed E-state index contributed by atoms with van der Waals surface area (Å²) in [6.07, 6.45) is 1.70. The maximum Gasteiger partial charge on any atom is 0.0754 e. The summed E-state index contributed by atoms with van der Waals surface area (Å²) < 4.78 is 0. The van der Waals surface area contributed by atoms with Crippen LogP contribution >= 0.6 is 20.8 Å². The molecular formula is C17H15ClNP. The molecule has 1 unspecified atom stereocenters. The van der Waals surface area contributed by atoms with Crippen molar-refractivity contribution in [3.63, 3.8) is 0 Å². The quantitative estimate of drug-likeness (QED) is 0.599. The van der Waals surface area contributed by atoms with Gasteiger partial charge in [-0.05, 0) is 23.3 Å². The molecule has 1 aromatic heterocycles. The van der Waals surface area contributed by atoms with Gasteiger partial charge in [0.1, 0.15) is 0 Å². The van der Waals surface area contributed by atoms with Crippen molar-refractivity contribution in [2.45, 2.75) is 0 Å². The number of pyridine rings is 1. The van der Waals surface area contributed by atoms with Gasteiger partial charge in [-0.3, -0.25) is 4.98 Å². The van der Waals surface area contributed by atoms with E-state index in [2.05, 4.69) is 62.8 Å². The van der Waals surface area contributed by atoms with Crippen LogP contribution in [0.15, 0.2) is 79.0 Å². The predicted molar refractivity (Wildman–Crippen MR) is 90.5 cm³/mol. The molecule has 0 saturated heterocycles. The Balaban J connectivity index is 0.000000160. The van der Waals surface area contributed by atoms with Gasteiger partial charge in [-0.2, -0.15) is 0 Å². The predicted octanol–water partition coefficient (Wildman–Crippen LogP) is 4.59. The Hall–Kier alpha value is -1.69. The number of benzene rings is 2. The van der Waals surface area contributed by atoms with Crippen molar-refractivity contribution in [2.75, 3.05) is 0 Å². The Bertz CT molecular complexity index is 583. The van der Waals surface area contributed by atoms with E-state index in [0.29, 0.717) is 5.02 Å². The van der Waals surface area contributed by atoms with Crippen molar-refractivity contribution in [3.05, 3.63) is 84.0 Å². The third-order valence-corrected chi connectivity index (χ3v) is 3.63. The van der Waals surface area contributed by atoms with Gasteiger partial charge in [-0.25, -0.2) is 0 Å². The molecule has 1 nitrogen and oxygen atoms in total. The molecule has 3 aromatic rings. The van der Waals surface area contributed by atoms with Crippen LogP contribution in [0.25, 0.3) is 11.1 Å². The smallest absolute Gasteiger partial charge is 0.0754 e. The zero-order chi connectivity index (χ0) is 14.2. The number of halogens is 1. The number of rotatable bonds is 1. The molecule has 100 valence electrons. The van der Waals surface area contributed by atoms with Crippen LogP contribution in [0.2, 0.25) is 5.02 Å². The fourth-order valence-electron chi connectivity index (χ4n) is 1.66. The average molecular weight is 300 g/mol. The summed E-state index contributed by atoms with van der Waals surface area (Å²) in [4.78, 5) is 3.91. The summed E-state index contributed by atoms with van der Waals surface area (Å²) in [7, 11) is 2.44. The minimum Gasteiger partial charge on any atom is -0.256 e. The summed E-state index contributed by atoms with van der Waals surface area (Å²) >= 11 is 5.63. The van der Waals surface area contributed by atoms with Gasteiger partial charge in [0.05, 0.1) is 10.5 Å². The molecule has 0 aliphatic heterocycles. The molecule has 0 aliphatic carbocycles. The van der Waals surface area contributed by atoms with E-state index in [-0.39, 0.29) is 0 Å². The first kappa shape index (κ1) is 14.7. The fraction of sp³-hybridized carbons (Fsp3) is 0. The van der Waals surface area contributed by atoms with Crippen molar-refractivity contribution < 1.29 is 0 Å². The normalized spacial score (nSPS) is 9.50. The van der Waals surface area contributed by atoms with Crippen LogP contribution in [-0.2, 0) is 0 Å². The van der Waals surface area contributed by atoms with Gasteiger partial charge >= 0.3 is 0 Å². The van der Waals surface area contributed by atoms with E-state index < -0.39 is 0 Å². The summed E-state index contributed by atoms with van der Waals surface area (Å²) in [5.74, 6) is 0. The van der Waals surface area contributed by atoms with E-state index in [1.807, 2.05) is 12.1 Å². The summed E-state index contributed by atoms with van der Waals surface area (Å²) in [6.45, 7) is 0. The molecule has 3 heteroatoms. The van der Waals surface area contributed by atoms with Gasteiger partial charge in [0.15, 0.2) is 0 Å². The highest BCUT2D eigenvalue weighted by molar-refractivity contribution is 7.27. The van der Waals surface area contributed by atoms with E-state index >= 15 is 0 Å². The molecule has 0 spiro atoms. The first-order valence-corrected chi connectivity index (χ1v) is 7.19. The van der Waals surface area contributed by atoms with Gasteiger partial charge < -0.3 is 0 Å². The second-order valence-corrected chi connectivity index (χ2v) is 5.06. The highest BCUT2D eigenvalue weighted by Gasteiger charge is 1.91. The lowest BCUT2D eigenvalue weighted by atomic mass is 10.1. The van der Waals surface area contributed by atoms with Crippen molar-refractivity contribution in [3.8, 4) is 11.1 Å². The Labute approximate surface area is 126 Å². The molecule has 0 fully saturated rings. The second-order valence-electron chi connectivity index (χ2n) is 4.10. The van der Waals surface area contributed by atoms with Gasteiger partial charge in [0.25, 0.3) is 0 Å². The van der Waals surface area contributed by atoms with E-state index in [1.165, 1.54) is 11.1 Å². The van der Waals surface area contributed by atoms with Crippen LogP contribution in [0.3, 0.4) is 0 Å². The molecule has 0 N–H and O–H groups in total. The maximum atomic E-state index is 5.63. The largest absolute Gasteiger partial charge is 0.256 e. The standard InChI is InChI=1S/C12H10.C5H5ClNP/c1-3-7-11(8-4-1)12-9-5-2-6-10-12;6-4-2-1-3-7-5(4)8/h1-10H;1-3H,8H2. The first-order valence-electron chi connectivity index (χ1n) is 6.24. The molecule has 0 bridgehead atoms. The van der Waals surface area contributed by atoms with E-state index in [9.17, 15) is 0 Å². The molecule has 0 amide bonds. The lowest BCUT2D eigenvalue weighted by molar-refractivity contribution is 1.40. The van der Waals surface area contributed by atoms with Gasteiger partial charge in [0.2, 0.25) is 0 Å². The first-order chi connectivity index (χ1) is 9.77. The van der Waals surface area contributed by atoms with Crippen molar-refractivity contribution >= 4 is 26.3 Å². The SMILES string of the molecule is Pc1ncccc1Cl.c1ccc(-c2ccccc2)cc1. The minimum absolute atomic E-state index is 0.692. The Kier molecular flexibility index (Phi) is 5.73. The third kappa shape index (κ3) is 4.45. The monoisotopic (exact) mass is 299 g/mol. The summed E-state index contributed by atoms with van der Waals surface area (Å²) in [5.41, 5.74) is 3.35. The molecule has 0 aliphatic rings. The summed E-state index contributed by atoms with van der Waals surface area (Å²) in [6, 6.07) is 24.4. The average Bonchev–Trinajstić information content (AvgIpc) is 2.53. The molecule has 3 rings (SSSR count). The topological polar surface area (TPSA) is 12.9 Å². The third-order valence-electron chi connectivity index (χ3n) is 2.67. The molecule has 1 heterocycles. The van der Waals surface area contributed by atoms with Crippen LogP contribution in [0, 0.1) is 0 Å². The Morgan fingerprint density at radius 2 is 1.20 bits per heavy atom.